The largest absolute Gasteiger partial charge is 0.493 e. The summed E-state index contributed by atoms with van der Waals surface area (Å²) < 4.78 is 21.5. The normalized spacial score (nSPS) is 12.3. The van der Waals surface area contributed by atoms with Crippen molar-refractivity contribution in [1.29, 1.82) is 0 Å². The second-order valence-electron chi connectivity index (χ2n) is 5.33. The summed E-state index contributed by atoms with van der Waals surface area (Å²) in [7, 11) is 4.62. The Labute approximate surface area is 139 Å². The molecule has 0 saturated heterocycles. The molecule has 0 aliphatic carbocycles. The van der Waals surface area contributed by atoms with E-state index in [-0.39, 0.29) is 5.56 Å². The average Bonchev–Trinajstić information content (AvgIpc) is 3.07. The van der Waals surface area contributed by atoms with Gasteiger partial charge >= 0.3 is 5.97 Å². The number of methoxy groups -OCH3 is 3. The first kappa shape index (κ1) is 16.0. The van der Waals surface area contributed by atoms with Gasteiger partial charge in [-0.3, -0.25) is 0 Å². The third kappa shape index (κ3) is 2.60. The third-order valence-electron chi connectivity index (χ3n) is 4.01. The second-order valence-corrected chi connectivity index (χ2v) is 5.33. The summed E-state index contributed by atoms with van der Waals surface area (Å²) in [6.07, 6.45) is 0.688. The minimum absolute atomic E-state index is 0.161. The number of carboxylic acid groups (broad SMARTS) is 1. The van der Waals surface area contributed by atoms with E-state index in [2.05, 4.69) is 0 Å². The molecule has 1 N–H and O–H groups in total. The highest BCUT2D eigenvalue weighted by atomic mass is 16.5. The van der Waals surface area contributed by atoms with Crippen LogP contribution in [0.3, 0.4) is 0 Å². The minimum atomic E-state index is -1.01. The van der Waals surface area contributed by atoms with Gasteiger partial charge in [-0.2, -0.15) is 0 Å². The van der Waals surface area contributed by atoms with Crippen LogP contribution in [0.15, 0.2) is 24.3 Å². The summed E-state index contributed by atoms with van der Waals surface area (Å²) in [5.41, 5.74) is 2.59. The highest BCUT2D eigenvalue weighted by Crippen LogP contribution is 2.42. The van der Waals surface area contributed by atoms with Gasteiger partial charge in [0, 0.05) is 6.42 Å². The first-order valence-corrected chi connectivity index (χ1v) is 7.42. The van der Waals surface area contributed by atoms with Crippen LogP contribution in [0, 0.1) is 0 Å². The van der Waals surface area contributed by atoms with Gasteiger partial charge in [0.1, 0.15) is 11.3 Å². The Morgan fingerprint density at radius 2 is 1.62 bits per heavy atom. The molecule has 0 saturated carbocycles. The van der Waals surface area contributed by atoms with Crippen molar-refractivity contribution in [2.75, 3.05) is 27.9 Å². The lowest BCUT2D eigenvalue weighted by Gasteiger charge is -2.15. The van der Waals surface area contributed by atoms with E-state index in [0.717, 1.165) is 16.7 Å². The molecule has 0 aromatic heterocycles. The van der Waals surface area contributed by atoms with E-state index < -0.39 is 5.97 Å². The van der Waals surface area contributed by atoms with Crippen LogP contribution in [0.1, 0.15) is 15.9 Å². The molecular formula is C18H18O6. The Kier molecular flexibility index (Phi) is 4.20. The fourth-order valence-electron chi connectivity index (χ4n) is 2.88. The van der Waals surface area contributed by atoms with E-state index in [1.54, 1.807) is 32.4 Å². The summed E-state index contributed by atoms with van der Waals surface area (Å²) in [6.45, 7) is 0.494. The summed E-state index contributed by atoms with van der Waals surface area (Å²) >= 11 is 0. The molecule has 0 amide bonds. The number of carbonyl (C=O) groups is 1. The van der Waals surface area contributed by atoms with Crippen molar-refractivity contribution in [2.24, 2.45) is 0 Å². The molecule has 6 heteroatoms. The molecule has 0 unspecified atom stereocenters. The molecule has 24 heavy (non-hydrogen) atoms. The molecule has 1 aliphatic rings. The predicted molar refractivity (Wildman–Crippen MR) is 87.7 cm³/mol. The number of benzene rings is 2. The molecule has 0 fully saturated rings. The third-order valence-corrected chi connectivity index (χ3v) is 4.01. The summed E-state index contributed by atoms with van der Waals surface area (Å²) in [5.74, 6) is 0.966. The molecule has 1 heterocycles. The molecule has 0 radical (unpaired) electrons. The van der Waals surface area contributed by atoms with Crippen LogP contribution in [0.4, 0.5) is 0 Å². The fourth-order valence-corrected chi connectivity index (χ4v) is 2.88. The Hall–Kier alpha value is -2.89. The van der Waals surface area contributed by atoms with Crippen molar-refractivity contribution >= 4 is 5.97 Å². The maximum Gasteiger partial charge on any atom is 0.339 e. The van der Waals surface area contributed by atoms with Gasteiger partial charge in [0.2, 0.25) is 5.75 Å². The van der Waals surface area contributed by atoms with Crippen molar-refractivity contribution in [2.45, 2.75) is 6.42 Å². The van der Waals surface area contributed by atoms with Gasteiger partial charge in [0.05, 0.1) is 27.9 Å². The molecule has 0 atom stereocenters. The highest BCUT2D eigenvalue weighted by molar-refractivity contribution is 5.94. The van der Waals surface area contributed by atoms with E-state index in [1.807, 2.05) is 6.07 Å². The lowest BCUT2D eigenvalue weighted by Crippen LogP contribution is -2.01. The molecule has 2 aromatic rings. The lowest BCUT2D eigenvalue weighted by atomic mass is 9.97. The van der Waals surface area contributed by atoms with Crippen LogP contribution in [-0.4, -0.2) is 39.0 Å². The second kappa shape index (κ2) is 6.31. The number of fused-ring (bicyclic) bond motifs is 1. The van der Waals surface area contributed by atoms with Crippen LogP contribution in [0.25, 0.3) is 11.1 Å². The monoisotopic (exact) mass is 330 g/mol. The maximum atomic E-state index is 11.5. The van der Waals surface area contributed by atoms with Gasteiger partial charge in [-0.1, -0.05) is 0 Å². The minimum Gasteiger partial charge on any atom is -0.493 e. The lowest BCUT2D eigenvalue weighted by molar-refractivity contribution is 0.0693. The van der Waals surface area contributed by atoms with Crippen molar-refractivity contribution in [3.8, 4) is 34.1 Å². The first-order valence-electron chi connectivity index (χ1n) is 7.42. The summed E-state index contributed by atoms with van der Waals surface area (Å²) in [4.78, 5) is 11.5. The van der Waals surface area contributed by atoms with Gasteiger partial charge in [0.15, 0.2) is 11.5 Å². The van der Waals surface area contributed by atoms with Gasteiger partial charge in [-0.25, -0.2) is 4.79 Å². The zero-order valence-electron chi connectivity index (χ0n) is 13.7. The van der Waals surface area contributed by atoms with Gasteiger partial charge in [-0.15, -0.1) is 0 Å². The number of hydrogen-bond donors (Lipinski definition) is 1. The van der Waals surface area contributed by atoms with Crippen LogP contribution in [0.5, 0.6) is 23.0 Å². The first-order chi connectivity index (χ1) is 11.6. The quantitative estimate of drug-likeness (QED) is 0.908. The van der Waals surface area contributed by atoms with E-state index >= 15 is 0 Å². The molecule has 2 aromatic carbocycles. The van der Waals surface area contributed by atoms with Crippen molar-refractivity contribution in [3.63, 3.8) is 0 Å². The standard InChI is InChI=1S/C18H18O6/c1-21-14-8-12(9-15(22-2)17(14)23-3)11-6-10-4-5-24-16(10)13(7-11)18(19)20/h6-9H,4-5H2,1-3H3,(H,19,20). The number of rotatable bonds is 5. The molecule has 6 nitrogen and oxygen atoms in total. The fraction of sp³-hybridized carbons (Fsp3) is 0.278. The Balaban J connectivity index is 2.19. The Bertz CT molecular complexity index is 771. The SMILES string of the molecule is COc1cc(-c2cc3c(c(C(=O)O)c2)OCC3)cc(OC)c1OC. The zero-order chi connectivity index (χ0) is 17.3. The van der Waals surface area contributed by atoms with E-state index in [9.17, 15) is 9.90 Å². The van der Waals surface area contributed by atoms with Crippen molar-refractivity contribution < 1.29 is 28.8 Å². The summed E-state index contributed by atoms with van der Waals surface area (Å²) in [5, 5.41) is 9.45. The van der Waals surface area contributed by atoms with E-state index in [0.29, 0.717) is 36.0 Å². The molecule has 126 valence electrons. The Morgan fingerprint density at radius 1 is 1.00 bits per heavy atom. The molecule has 3 rings (SSSR count). The van der Waals surface area contributed by atoms with Crippen LogP contribution in [0.2, 0.25) is 0 Å². The van der Waals surface area contributed by atoms with Crippen molar-refractivity contribution in [1.82, 2.24) is 0 Å². The molecule has 1 aliphatic heterocycles. The van der Waals surface area contributed by atoms with Gasteiger partial charge in [0.25, 0.3) is 0 Å². The zero-order valence-corrected chi connectivity index (χ0v) is 13.7. The van der Waals surface area contributed by atoms with Crippen LogP contribution in [-0.2, 0) is 6.42 Å². The van der Waals surface area contributed by atoms with E-state index in [1.165, 1.54) is 7.11 Å². The predicted octanol–water partition coefficient (Wildman–Crippen LogP) is 3.01. The summed E-state index contributed by atoms with van der Waals surface area (Å²) in [6, 6.07) is 7.14. The van der Waals surface area contributed by atoms with E-state index in [4.69, 9.17) is 18.9 Å². The van der Waals surface area contributed by atoms with Crippen molar-refractivity contribution in [3.05, 3.63) is 35.4 Å². The molecule has 0 bridgehead atoms. The Morgan fingerprint density at radius 3 is 2.17 bits per heavy atom. The average molecular weight is 330 g/mol. The topological polar surface area (TPSA) is 74.2 Å². The van der Waals surface area contributed by atoms with Crippen LogP contribution >= 0.6 is 0 Å². The maximum absolute atomic E-state index is 11.5. The number of carboxylic acids is 1. The van der Waals surface area contributed by atoms with Gasteiger partial charge < -0.3 is 24.1 Å². The molecular weight excluding hydrogens is 312 g/mol. The highest BCUT2D eigenvalue weighted by Gasteiger charge is 2.23. The van der Waals surface area contributed by atoms with Gasteiger partial charge in [-0.05, 0) is 41.0 Å². The smallest absolute Gasteiger partial charge is 0.339 e. The number of ether oxygens (including phenoxy) is 4. The number of hydrogen-bond acceptors (Lipinski definition) is 5. The van der Waals surface area contributed by atoms with Crippen LogP contribution < -0.4 is 18.9 Å². The number of aromatic carboxylic acids is 1. The molecule has 0 spiro atoms.